The van der Waals surface area contributed by atoms with E-state index < -0.39 is 59.3 Å². The molecule has 4 N–H and O–H groups in total. The minimum Gasteiger partial charge on any atom is -0.507 e. The normalized spacial score (nSPS) is 10.0. The standard InChI is InChI=1S/C8H5IO7/c10-3-1-2(7(12)13)6(11)4(8(14)15)5(3)9-16/h1,10-11H,(H,12,13)(H,14,15). The summed E-state index contributed by atoms with van der Waals surface area (Å²) < 4.78 is 10.3. The fraction of sp³-hybridized carbons (Fsp3) is 0. The summed E-state index contributed by atoms with van der Waals surface area (Å²) >= 11 is -2.05. The number of halogens is 1. The molecule has 0 spiro atoms. The van der Waals surface area contributed by atoms with Crippen LogP contribution in [0.3, 0.4) is 0 Å². The van der Waals surface area contributed by atoms with Crippen LogP contribution in [0.5, 0.6) is 11.5 Å². The topological polar surface area (TPSA) is 132 Å². The van der Waals surface area contributed by atoms with Crippen molar-refractivity contribution >= 4 is 33.1 Å². The zero-order valence-corrected chi connectivity index (χ0v) is 9.63. The van der Waals surface area contributed by atoms with Gasteiger partial charge in [0.15, 0.2) is 21.2 Å². The number of aromatic hydroxyl groups is 2. The highest BCUT2D eigenvalue weighted by molar-refractivity contribution is 14.1. The van der Waals surface area contributed by atoms with Gasteiger partial charge in [-0.2, -0.15) is 0 Å². The number of hydrogen-bond donors (Lipinski definition) is 4. The molecule has 1 rings (SSSR count). The molecule has 0 radical (unpaired) electrons. The number of phenolic OH excluding ortho intramolecular Hbond substituents is 1. The van der Waals surface area contributed by atoms with Crippen molar-refractivity contribution in [2.24, 2.45) is 0 Å². The van der Waals surface area contributed by atoms with E-state index >= 15 is 0 Å². The van der Waals surface area contributed by atoms with Gasteiger partial charge in [-0.15, -0.1) is 0 Å². The Balaban J connectivity index is 3.72. The van der Waals surface area contributed by atoms with E-state index in [-0.39, 0.29) is 0 Å². The molecule has 0 amide bonds. The molecule has 1 aromatic rings. The zero-order valence-electron chi connectivity index (χ0n) is 7.47. The zero-order chi connectivity index (χ0) is 12.5. The third-order valence-corrected chi connectivity index (χ3v) is 3.27. The molecule has 0 aliphatic rings. The maximum atomic E-state index is 10.7. The lowest BCUT2D eigenvalue weighted by Crippen LogP contribution is -2.06. The molecule has 0 atom stereocenters. The Labute approximate surface area is 98.6 Å². The van der Waals surface area contributed by atoms with Gasteiger partial charge in [-0.3, -0.25) is 3.07 Å². The highest BCUT2D eigenvalue weighted by Crippen LogP contribution is 2.35. The van der Waals surface area contributed by atoms with Crippen molar-refractivity contribution in [1.29, 1.82) is 0 Å². The maximum Gasteiger partial charge on any atom is 0.340 e. The lowest BCUT2D eigenvalue weighted by molar-refractivity contribution is 0.0689. The van der Waals surface area contributed by atoms with E-state index in [4.69, 9.17) is 10.2 Å². The van der Waals surface area contributed by atoms with Crippen LogP contribution in [-0.2, 0) is 3.07 Å². The summed E-state index contributed by atoms with van der Waals surface area (Å²) in [6.07, 6.45) is 0. The number of carboxylic acids is 2. The summed E-state index contributed by atoms with van der Waals surface area (Å²) in [5.41, 5.74) is -1.59. The Morgan fingerprint density at radius 3 is 2.06 bits per heavy atom. The van der Waals surface area contributed by atoms with E-state index in [0.717, 1.165) is 0 Å². The van der Waals surface area contributed by atoms with E-state index in [0.29, 0.717) is 6.07 Å². The van der Waals surface area contributed by atoms with Gasteiger partial charge in [0, 0.05) is 0 Å². The number of benzene rings is 1. The second kappa shape index (κ2) is 4.43. The number of aromatic carboxylic acids is 2. The van der Waals surface area contributed by atoms with E-state index in [2.05, 4.69) is 0 Å². The van der Waals surface area contributed by atoms with Crippen LogP contribution in [-0.4, -0.2) is 32.4 Å². The first-order chi connectivity index (χ1) is 7.40. The average Bonchev–Trinajstić information content (AvgIpc) is 2.19. The molecule has 0 heterocycles. The smallest absolute Gasteiger partial charge is 0.340 e. The van der Waals surface area contributed by atoms with Gasteiger partial charge in [0.25, 0.3) is 0 Å². The second-order valence-corrected chi connectivity index (χ2v) is 4.19. The van der Waals surface area contributed by atoms with Crippen LogP contribution in [0.15, 0.2) is 6.07 Å². The number of hydrogen-bond acceptors (Lipinski definition) is 5. The molecule has 0 saturated carbocycles. The van der Waals surface area contributed by atoms with Gasteiger partial charge < -0.3 is 20.4 Å². The first-order valence-electron chi connectivity index (χ1n) is 3.72. The maximum absolute atomic E-state index is 10.7. The Bertz CT molecular complexity index is 494. The first-order valence-corrected chi connectivity index (χ1v) is 5.68. The van der Waals surface area contributed by atoms with Crippen LogP contribution in [0.1, 0.15) is 20.7 Å². The third-order valence-electron chi connectivity index (χ3n) is 1.74. The van der Waals surface area contributed by atoms with Crippen LogP contribution in [0.2, 0.25) is 0 Å². The molecule has 0 saturated heterocycles. The van der Waals surface area contributed by atoms with Crippen molar-refractivity contribution in [2.45, 2.75) is 0 Å². The van der Waals surface area contributed by atoms with Gasteiger partial charge in [0.1, 0.15) is 26.2 Å². The molecule has 86 valence electrons. The Morgan fingerprint density at radius 2 is 1.69 bits per heavy atom. The van der Waals surface area contributed by atoms with Gasteiger partial charge in [0.2, 0.25) is 0 Å². The van der Waals surface area contributed by atoms with Crippen LogP contribution >= 0.6 is 21.2 Å². The minimum atomic E-state index is -2.05. The fourth-order valence-electron chi connectivity index (χ4n) is 1.07. The van der Waals surface area contributed by atoms with Crippen molar-refractivity contribution in [2.75, 3.05) is 0 Å². The summed E-state index contributed by atoms with van der Waals surface area (Å²) in [7, 11) is 0. The molecule has 7 nitrogen and oxygen atoms in total. The molecule has 0 fully saturated rings. The van der Waals surface area contributed by atoms with Gasteiger partial charge >= 0.3 is 11.9 Å². The average molecular weight is 340 g/mol. The van der Waals surface area contributed by atoms with Crippen molar-refractivity contribution in [1.82, 2.24) is 0 Å². The number of phenols is 2. The quantitative estimate of drug-likeness (QED) is 0.476. The lowest BCUT2D eigenvalue weighted by atomic mass is 10.1. The van der Waals surface area contributed by atoms with E-state index in [1.165, 1.54) is 0 Å². The molecule has 0 aliphatic heterocycles. The molecule has 0 aromatic heterocycles. The predicted molar refractivity (Wildman–Crippen MR) is 57.1 cm³/mol. The molecule has 8 heteroatoms. The van der Waals surface area contributed by atoms with Crippen LogP contribution in [0, 0.1) is 3.57 Å². The summed E-state index contributed by atoms with van der Waals surface area (Å²) in [6.45, 7) is 0. The molecule has 0 aliphatic carbocycles. The Hall–Kier alpha value is -1.71. The predicted octanol–water partition coefficient (Wildman–Crippen LogP) is 0.980. The fourth-order valence-corrected chi connectivity index (χ4v) is 2.16. The highest BCUT2D eigenvalue weighted by Gasteiger charge is 2.25. The largest absolute Gasteiger partial charge is 0.507 e. The monoisotopic (exact) mass is 340 g/mol. The molecule has 1 aromatic carbocycles. The van der Waals surface area contributed by atoms with E-state index in [9.17, 15) is 22.9 Å². The molecular formula is C8H5IO7. The van der Waals surface area contributed by atoms with Gasteiger partial charge in [-0.05, 0) is 6.07 Å². The first kappa shape index (κ1) is 12.4. The molecule has 0 unspecified atom stereocenters. The molecule has 0 bridgehead atoms. The van der Waals surface area contributed by atoms with Gasteiger partial charge in [0.05, 0.1) is 0 Å². The van der Waals surface area contributed by atoms with Crippen LogP contribution < -0.4 is 0 Å². The molecular weight excluding hydrogens is 335 g/mol. The van der Waals surface area contributed by atoms with Gasteiger partial charge in [-0.25, -0.2) is 9.59 Å². The van der Waals surface area contributed by atoms with Crippen LogP contribution in [0.4, 0.5) is 0 Å². The third kappa shape index (κ3) is 1.96. The second-order valence-electron chi connectivity index (χ2n) is 2.67. The van der Waals surface area contributed by atoms with E-state index in [1.807, 2.05) is 0 Å². The van der Waals surface area contributed by atoms with Crippen molar-refractivity contribution in [3.63, 3.8) is 0 Å². The summed E-state index contributed by atoms with van der Waals surface area (Å²) in [5.74, 6) is -4.97. The van der Waals surface area contributed by atoms with Crippen molar-refractivity contribution in [3.05, 3.63) is 20.8 Å². The summed E-state index contributed by atoms with van der Waals surface area (Å²) in [6, 6.07) is 0.664. The Kier molecular flexibility index (Phi) is 3.42. The van der Waals surface area contributed by atoms with E-state index in [1.54, 1.807) is 0 Å². The lowest BCUT2D eigenvalue weighted by Gasteiger charge is -2.07. The van der Waals surface area contributed by atoms with Crippen molar-refractivity contribution in [3.8, 4) is 11.5 Å². The number of rotatable bonds is 3. The SMILES string of the molecule is O=Ic1c(O)cc(C(=O)O)c(O)c1C(=O)O. The Morgan fingerprint density at radius 1 is 1.12 bits per heavy atom. The highest BCUT2D eigenvalue weighted by atomic mass is 127. The number of carboxylic acid groups (broad SMARTS) is 2. The summed E-state index contributed by atoms with van der Waals surface area (Å²) in [4.78, 5) is 21.4. The van der Waals surface area contributed by atoms with Crippen LogP contribution in [0.25, 0.3) is 0 Å². The van der Waals surface area contributed by atoms with Gasteiger partial charge in [-0.1, -0.05) is 0 Å². The summed E-state index contributed by atoms with van der Waals surface area (Å²) in [5, 5.41) is 36.0. The van der Waals surface area contributed by atoms with Crippen molar-refractivity contribution < 1.29 is 33.1 Å². The number of carbonyl (C=O) groups is 2. The minimum absolute atomic E-state index is 0.436. The molecule has 16 heavy (non-hydrogen) atoms.